The number of carboxylic acids is 1. The third kappa shape index (κ3) is 5.15. The van der Waals surface area contributed by atoms with E-state index in [-0.39, 0.29) is 24.7 Å². The first kappa shape index (κ1) is 26.9. The molecule has 3 aromatic rings. The summed E-state index contributed by atoms with van der Waals surface area (Å²) in [6.07, 6.45) is 2.65. The molecule has 0 saturated carbocycles. The van der Waals surface area contributed by atoms with E-state index in [2.05, 4.69) is 10.6 Å². The number of hydrogen-bond acceptors (Lipinski definition) is 5. The fraction of sp³-hybridized carbons (Fsp3) is 0.400. The van der Waals surface area contributed by atoms with Crippen molar-refractivity contribution in [3.8, 4) is 0 Å². The molecule has 3 heterocycles. The number of nitrogens with one attached hydrogen (secondary N) is 2. The number of carbonyl (C=O) groups excluding carboxylic acids is 3. The minimum atomic E-state index is -1.07. The Morgan fingerprint density at radius 2 is 1.82 bits per heavy atom. The summed E-state index contributed by atoms with van der Waals surface area (Å²) in [4.78, 5) is 53.9. The van der Waals surface area contributed by atoms with Crippen molar-refractivity contribution in [1.29, 1.82) is 0 Å². The second-order valence-electron chi connectivity index (χ2n) is 10.3. The lowest BCUT2D eigenvalue weighted by Gasteiger charge is -2.29. The van der Waals surface area contributed by atoms with Gasteiger partial charge in [0.15, 0.2) is 0 Å². The highest BCUT2D eigenvalue weighted by molar-refractivity contribution is 7.17. The van der Waals surface area contributed by atoms with Gasteiger partial charge in [-0.1, -0.05) is 63.1 Å². The van der Waals surface area contributed by atoms with E-state index in [9.17, 15) is 24.3 Å². The van der Waals surface area contributed by atoms with Gasteiger partial charge in [0.1, 0.15) is 18.1 Å². The lowest BCUT2D eigenvalue weighted by Crippen LogP contribution is -2.57. The highest BCUT2D eigenvalue weighted by Gasteiger charge is 2.44. The molecule has 9 heteroatoms. The molecule has 0 fully saturated rings. The van der Waals surface area contributed by atoms with Crippen LogP contribution in [-0.2, 0) is 38.4 Å². The minimum Gasteiger partial charge on any atom is -0.480 e. The summed E-state index contributed by atoms with van der Waals surface area (Å²) < 4.78 is 1.10. The second-order valence-corrected chi connectivity index (χ2v) is 11.3. The van der Waals surface area contributed by atoms with Crippen LogP contribution in [0.2, 0.25) is 0 Å². The average molecular weight is 548 g/mol. The lowest BCUT2D eigenvalue weighted by atomic mass is 9.92. The number of rotatable bonds is 9. The quantitative estimate of drug-likeness (QED) is 0.377. The van der Waals surface area contributed by atoms with Crippen molar-refractivity contribution in [2.45, 2.75) is 70.5 Å². The van der Waals surface area contributed by atoms with Gasteiger partial charge in [0.05, 0.1) is 12.1 Å². The van der Waals surface area contributed by atoms with E-state index < -0.39 is 35.9 Å². The number of carbonyl (C=O) groups is 4. The summed E-state index contributed by atoms with van der Waals surface area (Å²) in [5.74, 6) is -2.26. The Labute approximate surface area is 231 Å². The zero-order valence-electron chi connectivity index (χ0n) is 22.1. The molecule has 3 amide bonds. The van der Waals surface area contributed by atoms with Crippen LogP contribution in [0.1, 0.15) is 49.8 Å². The zero-order chi connectivity index (χ0) is 27.7. The Morgan fingerprint density at radius 3 is 2.56 bits per heavy atom. The van der Waals surface area contributed by atoms with Gasteiger partial charge >= 0.3 is 5.97 Å². The minimum absolute atomic E-state index is 0.114. The number of nitrogens with zero attached hydrogens (tertiary/aromatic N) is 1. The number of amides is 3. The molecule has 204 valence electrons. The topological polar surface area (TPSA) is 116 Å². The van der Waals surface area contributed by atoms with E-state index in [0.29, 0.717) is 31.4 Å². The van der Waals surface area contributed by atoms with Crippen molar-refractivity contribution in [1.82, 2.24) is 10.6 Å². The molecular weight excluding hydrogens is 514 g/mol. The number of para-hydroxylation sites is 1. The van der Waals surface area contributed by atoms with Crippen molar-refractivity contribution in [3.05, 3.63) is 64.5 Å². The Morgan fingerprint density at radius 1 is 1.08 bits per heavy atom. The Balaban J connectivity index is 1.34. The molecular formula is C30H33N3O5S. The second kappa shape index (κ2) is 11.2. The van der Waals surface area contributed by atoms with Crippen molar-refractivity contribution in [2.75, 3.05) is 4.90 Å². The molecule has 2 aliphatic heterocycles. The molecule has 1 aromatic heterocycles. The molecule has 0 unspecified atom stereocenters. The third-order valence-corrected chi connectivity index (χ3v) is 9.05. The predicted octanol–water partition coefficient (Wildman–Crippen LogP) is 3.84. The van der Waals surface area contributed by atoms with Crippen LogP contribution in [0.5, 0.6) is 0 Å². The monoisotopic (exact) mass is 547 g/mol. The number of fused-ring (bicyclic) bond motifs is 1. The molecule has 0 saturated heterocycles. The van der Waals surface area contributed by atoms with Crippen LogP contribution in [-0.4, -0.2) is 46.9 Å². The van der Waals surface area contributed by atoms with Crippen LogP contribution < -0.4 is 15.5 Å². The smallest absolute Gasteiger partial charge is 0.327 e. The fourth-order valence-corrected chi connectivity index (χ4v) is 6.91. The summed E-state index contributed by atoms with van der Waals surface area (Å²) in [5.41, 5.74) is 3.33. The Hall–Kier alpha value is -3.72. The molecule has 3 atom stereocenters. The van der Waals surface area contributed by atoms with Crippen LogP contribution in [0.3, 0.4) is 0 Å². The van der Waals surface area contributed by atoms with E-state index in [4.69, 9.17) is 0 Å². The highest BCUT2D eigenvalue weighted by atomic mass is 32.1. The number of benzene rings is 2. The van der Waals surface area contributed by atoms with Gasteiger partial charge in [-0.2, -0.15) is 0 Å². The molecule has 5 rings (SSSR count). The lowest BCUT2D eigenvalue weighted by molar-refractivity contribution is -0.140. The van der Waals surface area contributed by atoms with E-state index in [1.165, 1.54) is 4.90 Å². The Bertz CT molecular complexity index is 1430. The summed E-state index contributed by atoms with van der Waals surface area (Å²) >= 11 is 1.58. The van der Waals surface area contributed by atoms with Crippen LogP contribution in [0.15, 0.2) is 47.8 Å². The maximum absolute atomic E-state index is 13.7. The van der Waals surface area contributed by atoms with Crippen molar-refractivity contribution in [2.24, 2.45) is 5.92 Å². The SMILES string of the molecule is CCC(CC)[C@H](NC(=O)Cc1csc2ccccc12)C(=O)N[C@H]1CCc2cccc3c2N(C1=O)[C@H](C(=O)O)C3. The van der Waals surface area contributed by atoms with Crippen molar-refractivity contribution < 1.29 is 24.3 Å². The maximum atomic E-state index is 13.7. The van der Waals surface area contributed by atoms with Gasteiger partial charge in [0, 0.05) is 11.1 Å². The zero-order valence-corrected chi connectivity index (χ0v) is 22.9. The molecule has 2 aromatic carbocycles. The predicted molar refractivity (Wildman–Crippen MR) is 151 cm³/mol. The molecule has 0 aliphatic carbocycles. The first-order valence-corrected chi connectivity index (χ1v) is 14.4. The van der Waals surface area contributed by atoms with Crippen molar-refractivity contribution in [3.63, 3.8) is 0 Å². The van der Waals surface area contributed by atoms with Crippen molar-refractivity contribution >= 4 is 50.8 Å². The van der Waals surface area contributed by atoms with Gasteiger partial charge in [-0.05, 0) is 52.3 Å². The number of carboxylic acid groups (broad SMARTS) is 1. The Kier molecular flexibility index (Phi) is 7.70. The number of anilines is 1. The van der Waals surface area contributed by atoms with Gasteiger partial charge in [0.25, 0.3) is 0 Å². The van der Waals surface area contributed by atoms with E-state index in [1.54, 1.807) is 11.3 Å². The summed E-state index contributed by atoms with van der Waals surface area (Å²) in [7, 11) is 0. The fourth-order valence-electron chi connectivity index (χ4n) is 5.95. The average Bonchev–Trinajstić information content (AvgIpc) is 3.49. The van der Waals surface area contributed by atoms with Crippen LogP contribution in [0.4, 0.5) is 5.69 Å². The van der Waals surface area contributed by atoms with E-state index in [0.717, 1.165) is 26.8 Å². The van der Waals surface area contributed by atoms with Crippen LogP contribution in [0, 0.1) is 5.92 Å². The molecule has 2 aliphatic rings. The van der Waals surface area contributed by atoms with Gasteiger partial charge in [-0.3, -0.25) is 19.3 Å². The van der Waals surface area contributed by atoms with Gasteiger partial charge in [-0.25, -0.2) is 4.79 Å². The first-order chi connectivity index (χ1) is 18.8. The highest BCUT2D eigenvalue weighted by Crippen LogP contribution is 2.39. The van der Waals surface area contributed by atoms with E-state index >= 15 is 0 Å². The molecule has 3 N–H and O–H groups in total. The molecule has 8 nitrogen and oxygen atoms in total. The standard InChI is InChI=1S/C30H33N3O5S/c1-3-17(4-2)26(32-25(34)15-20-16-39-24-11-6-5-10-21(20)24)28(35)31-22-13-12-18-8-7-9-19-14-23(30(37)38)33(27(18)19)29(22)36/h5-11,16-17,22-23,26H,3-4,12-15H2,1-2H3,(H,31,35)(H,32,34)(H,37,38)/t22-,23-,26-/m0/s1. The van der Waals surface area contributed by atoms with Crippen LogP contribution >= 0.6 is 11.3 Å². The third-order valence-electron chi connectivity index (χ3n) is 8.04. The number of thiophene rings is 1. The molecule has 0 spiro atoms. The van der Waals surface area contributed by atoms with Gasteiger partial charge in [-0.15, -0.1) is 11.3 Å². The normalized spacial score (nSPS) is 19.1. The van der Waals surface area contributed by atoms with E-state index in [1.807, 2.05) is 61.7 Å². The van der Waals surface area contributed by atoms with Crippen LogP contribution in [0.25, 0.3) is 10.1 Å². The first-order valence-electron chi connectivity index (χ1n) is 13.5. The summed E-state index contributed by atoms with van der Waals surface area (Å²) in [5, 5.41) is 18.7. The maximum Gasteiger partial charge on any atom is 0.327 e. The van der Waals surface area contributed by atoms with Gasteiger partial charge < -0.3 is 15.7 Å². The van der Waals surface area contributed by atoms with Gasteiger partial charge in [0.2, 0.25) is 17.7 Å². The largest absolute Gasteiger partial charge is 0.480 e. The summed E-state index contributed by atoms with van der Waals surface area (Å²) in [6, 6.07) is 10.9. The number of hydrogen-bond donors (Lipinski definition) is 3. The molecule has 0 bridgehead atoms. The number of aryl methyl sites for hydroxylation is 1. The number of aliphatic carboxylic acids is 1. The summed E-state index contributed by atoms with van der Waals surface area (Å²) in [6.45, 7) is 3.95. The molecule has 0 radical (unpaired) electrons. The molecule has 39 heavy (non-hydrogen) atoms.